The van der Waals surface area contributed by atoms with Gasteiger partial charge in [0.2, 0.25) is 0 Å². The van der Waals surface area contributed by atoms with Gasteiger partial charge in [-0.15, -0.1) is 0 Å². The van der Waals surface area contributed by atoms with Crippen LogP contribution in [0.3, 0.4) is 0 Å². The van der Waals surface area contributed by atoms with Crippen molar-refractivity contribution in [2.45, 2.75) is 63.6 Å². The molecule has 0 spiro atoms. The SMILES string of the molecule is CC(C)n1ncnc1CC1(O)CCN2CCCC2C1. The smallest absolute Gasteiger partial charge is 0.138 e. The first kappa shape index (κ1) is 13.1. The average Bonchev–Trinajstić information content (AvgIpc) is 2.96. The maximum atomic E-state index is 10.9. The average molecular weight is 264 g/mol. The molecule has 1 aromatic rings. The first-order valence-corrected chi connectivity index (χ1v) is 7.42. The van der Waals surface area contributed by atoms with Gasteiger partial charge in [0.1, 0.15) is 12.2 Å². The molecule has 1 N–H and O–H groups in total. The minimum absolute atomic E-state index is 0.299. The van der Waals surface area contributed by atoms with Gasteiger partial charge in [0.25, 0.3) is 0 Å². The standard InChI is InChI=1S/C14H24N4O/c1-11(2)18-13(15-10-16-18)9-14(19)5-7-17-6-3-4-12(17)8-14/h10-12,19H,3-9H2,1-2H3. The highest BCUT2D eigenvalue weighted by Gasteiger charge is 2.41. The molecule has 3 rings (SSSR count). The second-order valence-electron chi connectivity index (χ2n) is 6.40. The van der Waals surface area contributed by atoms with Crippen LogP contribution in [0.1, 0.15) is 51.4 Å². The van der Waals surface area contributed by atoms with E-state index in [9.17, 15) is 5.11 Å². The number of hydrogen-bond acceptors (Lipinski definition) is 4. The Morgan fingerprint density at radius 1 is 1.47 bits per heavy atom. The lowest BCUT2D eigenvalue weighted by Crippen LogP contribution is -2.49. The molecular weight excluding hydrogens is 240 g/mol. The molecular formula is C14H24N4O. The third kappa shape index (κ3) is 2.54. The largest absolute Gasteiger partial charge is 0.389 e. The number of rotatable bonds is 3. The third-order valence-corrected chi connectivity index (χ3v) is 4.60. The van der Waals surface area contributed by atoms with Crippen molar-refractivity contribution in [2.75, 3.05) is 13.1 Å². The summed E-state index contributed by atoms with van der Waals surface area (Å²) >= 11 is 0. The highest BCUT2D eigenvalue weighted by molar-refractivity contribution is 5.01. The summed E-state index contributed by atoms with van der Waals surface area (Å²) in [5, 5.41) is 15.2. The molecule has 1 aromatic heterocycles. The Bertz CT molecular complexity index is 444. The van der Waals surface area contributed by atoms with Crippen LogP contribution in [0.5, 0.6) is 0 Å². The molecule has 2 aliphatic rings. The Kier molecular flexibility index (Phi) is 3.35. The van der Waals surface area contributed by atoms with Crippen LogP contribution in [-0.4, -0.2) is 49.5 Å². The number of fused-ring (bicyclic) bond motifs is 1. The van der Waals surface area contributed by atoms with Gasteiger partial charge in [0, 0.05) is 25.0 Å². The zero-order valence-corrected chi connectivity index (χ0v) is 11.9. The normalized spacial score (nSPS) is 31.9. The Balaban J connectivity index is 1.73. The lowest BCUT2D eigenvalue weighted by atomic mass is 9.84. The van der Waals surface area contributed by atoms with E-state index in [1.807, 2.05) is 4.68 Å². The molecule has 2 unspecified atom stereocenters. The van der Waals surface area contributed by atoms with E-state index in [0.29, 0.717) is 18.5 Å². The van der Waals surface area contributed by atoms with Crippen molar-refractivity contribution in [3.05, 3.63) is 12.2 Å². The van der Waals surface area contributed by atoms with Gasteiger partial charge in [-0.25, -0.2) is 9.67 Å². The van der Waals surface area contributed by atoms with Crippen LogP contribution in [0, 0.1) is 0 Å². The summed E-state index contributed by atoms with van der Waals surface area (Å²) in [4.78, 5) is 6.87. The molecule has 2 aliphatic heterocycles. The molecule has 2 atom stereocenters. The zero-order valence-electron chi connectivity index (χ0n) is 11.9. The minimum atomic E-state index is -0.592. The summed E-state index contributed by atoms with van der Waals surface area (Å²) in [6, 6.07) is 0.877. The van der Waals surface area contributed by atoms with Crippen molar-refractivity contribution in [1.82, 2.24) is 19.7 Å². The number of aromatic nitrogens is 3. The monoisotopic (exact) mass is 264 g/mol. The van der Waals surface area contributed by atoms with Crippen LogP contribution in [0.25, 0.3) is 0 Å². The Morgan fingerprint density at radius 3 is 3.11 bits per heavy atom. The maximum absolute atomic E-state index is 10.9. The van der Waals surface area contributed by atoms with Crippen molar-refractivity contribution in [1.29, 1.82) is 0 Å². The first-order chi connectivity index (χ1) is 9.07. The molecule has 0 amide bonds. The number of piperidine rings is 1. The minimum Gasteiger partial charge on any atom is -0.389 e. The number of nitrogens with zero attached hydrogens (tertiary/aromatic N) is 4. The summed E-state index contributed by atoms with van der Waals surface area (Å²) < 4.78 is 1.93. The van der Waals surface area contributed by atoms with Gasteiger partial charge in [0.05, 0.1) is 5.60 Å². The molecule has 106 valence electrons. The highest BCUT2D eigenvalue weighted by Crippen LogP contribution is 2.34. The van der Waals surface area contributed by atoms with Crippen LogP contribution < -0.4 is 0 Å². The molecule has 5 nitrogen and oxygen atoms in total. The van der Waals surface area contributed by atoms with Crippen molar-refractivity contribution >= 4 is 0 Å². The second-order valence-corrected chi connectivity index (χ2v) is 6.40. The van der Waals surface area contributed by atoms with Gasteiger partial charge >= 0.3 is 0 Å². The van der Waals surface area contributed by atoms with Gasteiger partial charge in [-0.2, -0.15) is 5.10 Å². The molecule has 19 heavy (non-hydrogen) atoms. The van der Waals surface area contributed by atoms with Gasteiger partial charge in [-0.05, 0) is 46.1 Å². The molecule has 5 heteroatoms. The second kappa shape index (κ2) is 4.87. The highest BCUT2D eigenvalue weighted by atomic mass is 16.3. The topological polar surface area (TPSA) is 54.2 Å². The molecule has 0 saturated carbocycles. The predicted molar refractivity (Wildman–Crippen MR) is 72.9 cm³/mol. The van der Waals surface area contributed by atoms with Crippen molar-refractivity contribution in [3.8, 4) is 0 Å². The van der Waals surface area contributed by atoms with Gasteiger partial charge < -0.3 is 10.0 Å². The van der Waals surface area contributed by atoms with E-state index in [1.54, 1.807) is 6.33 Å². The summed E-state index contributed by atoms with van der Waals surface area (Å²) in [7, 11) is 0. The van der Waals surface area contributed by atoms with E-state index in [0.717, 1.165) is 25.2 Å². The fourth-order valence-corrected chi connectivity index (χ4v) is 3.60. The molecule has 2 fully saturated rings. The molecule has 0 aliphatic carbocycles. The summed E-state index contributed by atoms with van der Waals surface area (Å²) in [5.74, 6) is 0.920. The summed E-state index contributed by atoms with van der Waals surface area (Å²) in [5.41, 5.74) is -0.592. The van der Waals surface area contributed by atoms with Crippen molar-refractivity contribution in [3.63, 3.8) is 0 Å². The summed E-state index contributed by atoms with van der Waals surface area (Å²) in [6.45, 7) is 6.43. The Morgan fingerprint density at radius 2 is 2.32 bits per heavy atom. The van der Waals surface area contributed by atoms with Gasteiger partial charge in [-0.3, -0.25) is 0 Å². The maximum Gasteiger partial charge on any atom is 0.138 e. The molecule has 0 aromatic carbocycles. The molecule has 2 saturated heterocycles. The van der Waals surface area contributed by atoms with Crippen LogP contribution in [0.4, 0.5) is 0 Å². The fraction of sp³-hybridized carbons (Fsp3) is 0.857. The van der Waals surface area contributed by atoms with Crippen LogP contribution in [0.2, 0.25) is 0 Å². The lowest BCUT2D eigenvalue weighted by molar-refractivity contribution is -0.0374. The quantitative estimate of drug-likeness (QED) is 0.896. The van der Waals surface area contributed by atoms with Crippen molar-refractivity contribution < 1.29 is 5.11 Å². The zero-order chi connectivity index (χ0) is 13.5. The molecule has 0 bridgehead atoms. The predicted octanol–water partition coefficient (Wildman–Crippen LogP) is 1.39. The first-order valence-electron chi connectivity index (χ1n) is 7.42. The van der Waals surface area contributed by atoms with Gasteiger partial charge in [0.15, 0.2) is 0 Å². The van der Waals surface area contributed by atoms with Crippen LogP contribution >= 0.6 is 0 Å². The van der Waals surface area contributed by atoms with E-state index >= 15 is 0 Å². The van der Waals surface area contributed by atoms with Crippen molar-refractivity contribution in [2.24, 2.45) is 0 Å². The molecule has 3 heterocycles. The van der Waals surface area contributed by atoms with E-state index in [1.165, 1.54) is 19.4 Å². The van der Waals surface area contributed by atoms with E-state index in [4.69, 9.17) is 0 Å². The van der Waals surface area contributed by atoms with E-state index < -0.39 is 5.60 Å². The lowest BCUT2D eigenvalue weighted by Gasteiger charge is -2.40. The van der Waals surface area contributed by atoms with E-state index in [-0.39, 0.29) is 0 Å². The van der Waals surface area contributed by atoms with E-state index in [2.05, 4.69) is 28.8 Å². The van der Waals surface area contributed by atoms with Crippen LogP contribution in [-0.2, 0) is 6.42 Å². The third-order valence-electron chi connectivity index (χ3n) is 4.60. The Labute approximate surface area is 114 Å². The van der Waals surface area contributed by atoms with Crippen LogP contribution in [0.15, 0.2) is 6.33 Å². The van der Waals surface area contributed by atoms with Gasteiger partial charge in [-0.1, -0.05) is 0 Å². The number of aliphatic hydroxyl groups is 1. The number of hydrogen-bond donors (Lipinski definition) is 1. The fourth-order valence-electron chi connectivity index (χ4n) is 3.60. The summed E-state index contributed by atoms with van der Waals surface area (Å²) in [6.07, 6.45) is 6.49. The Hall–Kier alpha value is -0.940. The molecule has 0 radical (unpaired) electrons.